The first kappa shape index (κ1) is 14.5. The fourth-order valence-electron chi connectivity index (χ4n) is 2.49. The van der Waals surface area contributed by atoms with Crippen molar-refractivity contribution >= 4 is 35.1 Å². The number of fused-ring (bicyclic) bond motifs is 1. The zero-order chi connectivity index (χ0) is 14.8. The minimum absolute atomic E-state index is 0.774. The van der Waals surface area contributed by atoms with Gasteiger partial charge < -0.3 is 4.90 Å². The standard InChI is InChI=1S/C17H18ClN2S/c1-3-19-10-9-13(11-16(19)18)12-17-20(4-2)14-7-5-6-8-15(14)21-17/h5-12H,3-4H2,1-2H3/q+1. The van der Waals surface area contributed by atoms with Crippen LogP contribution in [0.2, 0.25) is 5.15 Å². The molecule has 2 aromatic rings. The summed E-state index contributed by atoms with van der Waals surface area (Å²) >= 11 is 8.10. The smallest absolute Gasteiger partial charge is 0.275 e. The molecule has 0 spiro atoms. The van der Waals surface area contributed by atoms with E-state index >= 15 is 0 Å². The molecule has 1 aliphatic rings. The highest BCUT2D eigenvalue weighted by Crippen LogP contribution is 2.46. The Bertz CT molecular complexity index is 697. The molecule has 0 unspecified atom stereocenters. The predicted octanol–water partition coefficient (Wildman–Crippen LogP) is 4.58. The van der Waals surface area contributed by atoms with Crippen LogP contribution < -0.4 is 9.47 Å². The lowest BCUT2D eigenvalue weighted by atomic mass is 10.2. The van der Waals surface area contributed by atoms with Gasteiger partial charge in [-0.05, 0) is 49.2 Å². The topological polar surface area (TPSA) is 7.12 Å². The van der Waals surface area contributed by atoms with Gasteiger partial charge in [0, 0.05) is 23.6 Å². The van der Waals surface area contributed by atoms with Gasteiger partial charge in [0.05, 0.1) is 10.7 Å². The molecule has 21 heavy (non-hydrogen) atoms. The Morgan fingerprint density at radius 1 is 1.24 bits per heavy atom. The summed E-state index contributed by atoms with van der Waals surface area (Å²) in [5.41, 5.74) is 2.43. The van der Waals surface area contributed by atoms with E-state index in [0.717, 1.165) is 23.8 Å². The second kappa shape index (κ2) is 6.12. The van der Waals surface area contributed by atoms with Crippen LogP contribution >= 0.6 is 23.4 Å². The maximum atomic E-state index is 6.29. The molecular weight excluding hydrogens is 300 g/mol. The van der Waals surface area contributed by atoms with E-state index in [1.54, 1.807) is 0 Å². The average Bonchev–Trinajstić information content (AvgIpc) is 2.84. The molecule has 0 saturated heterocycles. The molecule has 4 heteroatoms. The van der Waals surface area contributed by atoms with Crippen LogP contribution in [0.25, 0.3) is 6.08 Å². The summed E-state index contributed by atoms with van der Waals surface area (Å²) in [6, 6.07) is 12.7. The summed E-state index contributed by atoms with van der Waals surface area (Å²) < 4.78 is 2.03. The van der Waals surface area contributed by atoms with Crippen molar-refractivity contribution in [1.29, 1.82) is 0 Å². The van der Waals surface area contributed by atoms with Crippen LogP contribution in [0.4, 0.5) is 5.69 Å². The van der Waals surface area contributed by atoms with E-state index < -0.39 is 0 Å². The summed E-state index contributed by atoms with van der Waals surface area (Å²) in [4.78, 5) is 3.66. The van der Waals surface area contributed by atoms with Crippen LogP contribution in [0.1, 0.15) is 19.4 Å². The van der Waals surface area contributed by atoms with Gasteiger partial charge in [0.2, 0.25) is 0 Å². The fourth-order valence-corrected chi connectivity index (χ4v) is 3.98. The number of nitrogens with zero attached hydrogens (tertiary/aromatic N) is 2. The number of hydrogen-bond acceptors (Lipinski definition) is 2. The Kier molecular flexibility index (Phi) is 4.22. The van der Waals surface area contributed by atoms with Gasteiger partial charge in [0.1, 0.15) is 6.54 Å². The monoisotopic (exact) mass is 317 g/mol. The third-order valence-electron chi connectivity index (χ3n) is 3.59. The molecule has 0 fully saturated rings. The van der Waals surface area contributed by atoms with Gasteiger partial charge in [-0.15, -0.1) is 0 Å². The highest BCUT2D eigenvalue weighted by Gasteiger charge is 2.23. The van der Waals surface area contributed by atoms with Crippen LogP contribution in [0.5, 0.6) is 0 Å². The fraction of sp³-hybridized carbons (Fsp3) is 0.235. The number of benzene rings is 1. The first-order chi connectivity index (χ1) is 10.2. The molecule has 1 aromatic carbocycles. The largest absolute Gasteiger partial charge is 0.335 e. The minimum Gasteiger partial charge on any atom is -0.335 e. The van der Waals surface area contributed by atoms with Crippen molar-refractivity contribution < 1.29 is 4.57 Å². The SMILES string of the molecule is CCN1/C(=C/c2cc[n+](CC)c(Cl)c2)Sc2ccccc21. The lowest BCUT2D eigenvalue weighted by molar-refractivity contribution is -0.691. The zero-order valence-electron chi connectivity index (χ0n) is 12.2. The van der Waals surface area contributed by atoms with Gasteiger partial charge in [-0.1, -0.05) is 23.9 Å². The molecule has 2 heterocycles. The van der Waals surface area contributed by atoms with Crippen molar-refractivity contribution in [3.05, 3.63) is 58.3 Å². The van der Waals surface area contributed by atoms with E-state index in [1.165, 1.54) is 15.6 Å². The van der Waals surface area contributed by atoms with E-state index in [2.05, 4.69) is 55.2 Å². The Balaban J connectivity index is 1.96. The van der Waals surface area contributed by atoms with Gasteiger partial charge in [0.25, 0.3) is 5.15 Å². The van der Waals surface area contributed by atoms with Gasteiger partial charge in [-0.2, -0.15) is 4.57 Å². The van der Waals surface area contributed by atoms with E-state index in [1.807, 2.05) is 28.6 Å². The highest BCUT2D eigenvalue weighted by atomic mass is 35.5. The number of aromatic nitrogens is 1. The van der Waals surface area contributed by atoms with Crippen molar-refractivity contribution in [2.45, 2.75) is 25.3 Å². The third kappa shape index (κ3) is 2.81. The maximum absolute atomic E-state index is 6.29. The number of pyridine rings is 1. The summed E-state index contributed by atoms with van der Waals surface area (Å²) in [5.74, 6) is 0. The summed E-state index contributed by atoms with van der Waals surface area (Å²) in [5, 5.41) is 2.03. The number of para-hydroxylation sites is 1. The molecule has 0 aliphatic carbocycles. The zero-order valence-corrected chi connectivity index (χ0v) is 13.8. The molecule has 0 N–H and O–H groups in total. The van der Waals surface area contributed by atoms with E-state index in [0.29, 0.717) is 0 Å². The van der Waals surface area contributed by atoms with Crippen LogP contribution in [0.15, 0.2) is 52.5 Å². The number of hydrogen-bond donors (Lipinski definition) is 0. The number of halogens is 1. The maximum Gasteiger partial charge on any atom is 0.275 e. The van der Waals surface area contributed by atoms with Crippen LogP contribution in [0.3, 0.4) is 0 Å². The van der Waals surface area contributed by atoms with Gasteiger partial charge >= 0.3 is 0 Å². The Morgan fingerprint density at radius 2 is 2.05 bits per heavy atom. The molecule has 1 aliphatic heterocycles. The van der Waals surface area contributed by atoms with E-state index in [4.69, 9.17) is 11.6 Å². The number of rotatable bonds is 3. The molecule has 2 nitrogen and oxygen atoms in total. The molecule has 1 aromatic heterocycles. The Labute approximate surface area is 135 Å². The van der Waals surface area contributed by atoms with Crippen LogP contribution in [0, 0.1) is 0 Å². The predicted molar refractivity (Wildman–Crippen MR) is 90.6 cm³/mol. The molecule has 108 valence electrons. The van der Waals surface area contributed by atoms with Crippen molar-refractivity contribution in [2.24, 2.45) is 0 Å². The minimum atomic E-state index is 0.774. The second-order valence-electron chi connectivity index (χ2n) is 4.87. The molecule has 0 saturated carbocycles. The highest BCUT2D eigenvalue weighted by molar-refractivity contribution is 8.03. The molecule has 0 radical (unpaired) electrons. The molecule has 0 amide bonds. The van der Waals surface area contributed by atoms with Crippen molar-refractivity contribution in [2.75, 3.05) is 11.4 Å². The van der Waals surface area contributed by atoms with Gasteiger partial charge in [0.15, 0.2) is 6.20 Å². The molecule has 0 bridgehead atoms. The van der Waals surface area contributed by atoms with Crippen molar-refractivity contribution in [3.8, 4) is 0 Å². The third-order valence-corrected chi connectivity index (χ3v) is 5.03. The lowest BCUT2D eigenvalue weighted by Gasteiger charge is -2.17. The Morgan fingerprint density at radius 3 is 2.76 bits per heavy atom. The normalized spacial score (nSPS) is 15.6. The quantitative estimate of drug-likeness (QED) is 0.604. The molecular formula is C17H18ClN2S+. The van der Waals surface area contributed by atoms with Crippen LogP contribution in [-0.4, -0.2) is 6.54 Å². The average molecular weight is 318 g/mol. The van der Waals surface area contributed by atoms with Gasteiger partial charge in [-0.3, -0.25) is 0 Å². The first-order valence-electron chi connectivity index (χ1n) is 7.18. The number of anilines is 1. The second-order valence-corrected chi connectivity index (χ2v) is 6.31. The number of thioether (sulfide) groups is 1. The van der Waals surface area contributed by atoms with Gasteiger partial charge in [-0.25, -0.2) is 0 Å². The summed E-state index contributed by atoms with van der Waals surface area (Å²) in [6.45, 7) is 6.12. The molecule has 3 rings (SSSR count). The molecule has 0 atom stereocenters. The lowest BCUT2D eigenvalue weighted by Crippen LogP contribution is -2.32. The summed E-state index contributed by atoms with van der Waals surface area (Å²) in [7, 11) is 0. The van der Waals surface area contributed by atoms with Crippen LogP contribution in [-0.2, 0) is 6.54 Å². The van der Waals surface area contributed by atoms with E-state index in [9.17, 15) is 0 Å². The van der Waals surface area contributed by atoms with Crippen molar-refractivity contribution in [1.82, 2.24) is 0 Å². The first-order valence-corrected chi connectivity index (χ1v) is 8.37. The number of aryl methyl sites for hydroxylation is 1. The van der Waals surface area contributed by atoms with E-state index in [-0.39, 0.29) is 0 Å². The van der Waals surface area contributed by atoms with Crippen molar-refractivity contribution in [3.63, 3.8) is 0 Å². The Hall–Kier alpha value is -1.45. The summed E-state index contributed by atoms with van der Waals surface area (Å²) in [6.07, 6.45) is 4.25.